The second-order valence-corrected chi connectivity index (χ2v) is 7.65. The molecule has 7 nitrogen and oxygen atoms in total. The third kappa shape index (κ3) is 4.95. The Kier molecular flexibility index (Phi) is 6.34. The van der Waals surface area contributed by atoms with Crippen molar-refractivity contribution in [2.24, 2.45) is 15.0 Å². The minimum Gasteiger partial charge on any atom is -0.450 e. The topological polar surface area (TPSA) is 87.4 Å². The fourth-order valence-electron chi connectivity index (χ4n) is 3.28. The van der Waals surface area contributed by atoms with Gasteiger partial charge >= 0.3 is 6.09 Å². The third-order valence-corrected chi connectivity index (χ3v) is 5.20. The van der Waals surface area contributed by atoms with Crippen molar-refractivity contribution in [2.45, 2.75) is 19.0 Å². The largest absolute Gasteiger partial charge is 0.450 e. The Bertz CT molecular complexity index is 1050. The van der Waals surface area contributed by atoms with Crippen LogP contribution in [0.25, 0.3) is 0 Å². The number of alkyl carbamates (subject to hydrolysis) is 1. The molecule has 1 unspecified atom stereocenters. The summed E-state index contributed by atoms with van der Waals surface area (Å²) in [6.07, 6.45) is 2.62. The molecule has 0 aliphatic carbocycles. The highest BCUT2D eigenvalue weighted by molar-refractivity contribution is 6.30. The van der Waals surface area contributed by atoms with Crippen LogP contribution in [0.2, 0.25) is 10.0 Å². The first-order valence-electron chi connectivity index (χ1n) is 9.64. The average molecular weight is 456 g/mol. The average Bonchev–Trinajstić information content (AvgIpc) is 3.22. The lowest BCUT2D eigenvalue weighted by Gasteiger charge is -2.27. The van der Waals surface area contributed by atoms with Gasteiger partial charge in [-0.2, -0.15) is 0 Å². The summed E-state index contributed by atoms with van der Waals surface area (Å²) in [6, 6.07) is 14.6. The smallest absolute Gasteiger partial charge is 0.412 e. The first-order valence-corrected chi connectivity index (χ1v) is 10.4. The van der Waals surface area contributed by atoms with Gasteiger partial charge in [0.2, 0.25) is 0 Å². The van der Waals surface area contributed by atoms with Crippen molar-refractivity contribution in [3.8, 4) is 0 Å². The van der Waals surface area contributed by atoms with E-state index < -0.39 is 6.09 Å². The summed E-state index contributed by atoms with van der Waals surface area (Å²) in [5.74, 6) is 0.815. The first-order chi connectivity index (χ1) is 15.0. The molecule has 2 heterocycles. The zero-order valence-electron chi connectivity index (χ0n) is 16.5. The van der Waals surface area contributed by atoms with Crippen LogP contribution in [0, 0.1) is 0 Å². The van der Waals surface area contributed by atoms with Crippen molar-refractivity contribution in [3.63, 3.8) is 0 Å². The van der Waals surface area contributed by atoms with E-state index in [0.717, 1.165) is 16.8 Å². The number of aliphatic imine (C=N–C) groups is 3. The van der Waals surface area contributed by atoms with Gasteiger partial charge < -0.3 is 10.1 Å². The fourth-order valence-corrected chi connectivity index (χ4v) is 3.53. The lowest BCUT2D eigenvalue weighted by Crippen LogP contribution is -2.39. The van der Waals surface area contributed by atoms with Crippen LogP contribution in [-0.2, 0) is 4.74 Å². The van der Waals surface area contributed by atoms with Gasteiger partial charge in [0.15, 0.2) is 11.9 Å². The molecule has 0 bridgehead atoms. The molecule has 2 N–H and O–H groups in total. The number of amidine groups is 2. The van der Waals surface area contributed by atoms with Crippen LogP contribution < -0.4 is 10.6 Å². The van der Waals surface area contributed by atoms with Crippen molar-refractivity contribution in [1.29, 1.82) is 0 Å². The molecule has 2 aliphatic heterocycles. The summed E-state index contributed by atoms with van der Waals surface area (Å²) < 4.78 is 4.96. The van der Waals surface area contributed by atoms with Gasteiger partial charge in [-0.1, -0.05) is 47.5 Å². The second-order valence-electron chi connectivity index (χ2n) is 6.78. The summed E-state index contributed by atoms with van der Waals surface area (Å²) in [4.78, 5) is 24.9. The van der Waals surface area contributed by atoms with E-state index in [1.807, 2.05) is 48.5 Å². The summed E-state index contributed by atoms with van der Waals surface area (Å²) in [5, 5.41) is 7.48. The molecule has 0 radical (unpaired) electrons. The number of dihydropyridines is 1. The molecule has 9 heteroatoms. The van der Waals surface area contributed by atoms with Crippen molar-refractivity contribution in [3.05, 3.63) is 81.5 Å². The molecule has 31 heavy (non-hydrogen) atoms. The van der Waals surface area contributed by atoms with Gasteiger partial charge in [-0.15, -0.1) is 0 Å². The molecule has 2 aromatic rings. The van der Waals surface area contributed by atoms with Crippen LogP contribution in [-0.4, -0.2) is 36.8 Å². The maximum absolute atomic E-state index is 11.9. The van der Waals surface area contributed by atoms with E-state index in [1.54, 1.807) is 13.0 Å². The predicted octanol–water partition coefficient (Wildman–Crippen LogP) is 4.52. The highest BCUT2D eigenvalue weighted by Crippen LogP contribution is 2.28. The highest BCUT2D eigenvalue weighted by Gasteiger charge is 2.30. The standard InChI is InChI=1S/C22H19Cl2N5O2/c1-2-31-22(30)29-18-11-17(20-21(28-18)26-12-25-20)27-19(13-3-7-15(23)8-4-13)14-5-9-16(24)10-6-14/h3-12,19-20,27H,2H2,1H3,(H,25,26,28,29,30). The van der Waals surface area contributed by atoms with Gasteiger partial charge in [0.05, 0.1) is 12.6 Å². The van der Waals surface area contributed by atoms with Crippen LogP contribution in [0.5, 0.6) is 0 Å². The fraction of sp³-hybridized carbons (Fsp3) is 0.182. The molecule has 158 valence electrons. The lowest BCUT2D eigenvalue weighted by molar-refractivity contribution is 0.158. The molecule has 1 amide bonds. The summed E-state index contributed by atoms with van der Waals surface area (Å²) in [5.41, 5.74) is 2.73. The Morgan fingerprint density at radius 2 is 1.68 bits per heavy atom. The summed E-state index contributed by atoms with van der Waals surface area (Å²) in [7, 11) is 0. The molecule has 0 saturated carbocycles. The zero-order valence-corrected chi connectivity index (χ0v) is 18.1. The Morgan fingerprint density at radius 3 is 2.26 bits per heavy atom. The zero-order chi connectivity index (χ0) is 21.8. The quantitative estimate of drug-likeness (QED) is 0.694. The van der Waals surface area contributed by atoms with E-state index in [4.69, 9.17) is 27.9 Å². The number of carbonyl (C=O) groups excluding carboxylic acids is 1. The molecule has 2 aliphatic rings. The van der Waals surface area contributed by atoms with Gasteiger partial charge in [-0.3, -0.25) is 10.3 Å². The van der Waals surface area contributed by atoms with Gasteiger partial charge in [0.1, 0.15) is 12.2 Å². The van der Waals surface area contributed by atoms with E-state index in [0.29, 0.717) is 21.7 Å². The van der Waals surface area contributed by atoms with Crippen molar-refractivity contribution in [1.82, 2.24) is 10.6 Å². The molecular formula is C22H19Cl2N5O2. The van der Waals surface area contributed by atoms with Crippen LogP contribution in [0.3, 0.4) is 0 Å². The molecule has 0 saturated heterocycles. The molecular weight excluding hydrogens is 437 g/mol. The number of rotatable bonds is 5. The normalized spacial score (nSPS) is 16.9. The van der Waals surface area contributed by atoms with Gasteiger partial charge in [0.25, 0.3) is 0 Å². The number of benzene rings is 2. The van der Waals surface area contributed by atoms with E-state index in [2.05, 4.69) is 25.6 Å². The van der Waals surface area contributed by atoms with Gasteiger partial charge in [-0.05, 0) is 42.3 Å². The van der Waals surface area contributed by atoms with Crippen LogP contribution in [0.1, 0.15) is 24.1 Å². The maximum Gasteiger partial charge on any atom is 0.412 e. The number of carbonyl (C=O) groups is 1. The first kappa shape index (κ1) is 21.1. The number of amides is 1. The Balaban J connectivity index is 1.68. The molecule has 4 rings (SSSR count). The molecule has 0 fully saturated rings. The number of hydrogen-bond acceptors (Lipinski definition) is 6. The van der Waals surface area contributed by atoms with Crippen LogP contribution in [0.4, 0.5) is 4.79 Å². The number of hydrogen-bond donors (Lipinski definition) is 2. The van der Waals surface area contributed by atoms with Gasteiger partial charge in [-0.25, -0.2) is 14.8 Å². The molecule has 0 aromatic heterocycles. The third-order valence-electron chi connectivity index (χ3n) is 4.70. The number of nitrogens with one attached hydrogen (secondary N) is 2. The Morgan fingerprint density at radius 1 is 1.06 bits per heavy atom. The molecule has 0 spiro atoms. The van der Waals surface area contributed by atoms with E-state index in [9.17, 15) is 4.79 Å². The molecule has 1 atom stereocenters. The monoisotopic (exact) mass is 455 g/mol. The van der Waals surface area contributed by atoms with E-state index in [-0.39, 0.29) is 18.7 Å². The number of halogens is 2. The van der Waals surface area contributed by atoms with Crippen LogP contribution in [0.15, 0.2) is 75.3 Å². The maximum atomic E-state index is 11.9. The number of fused-ring (bicyclic) bond motifs is 1. The van der Waals surface area contributed by atoms with Gasteiger partial charge in [0, 0.05) is 21.8 Å². The highest BCUT2D eigenvalue weighted by atomic mass is 35.5. The van der Waals surface area contributed by atoms with Crippen molar-refractivity contribution >= 4 is 47.3 Å². The minimum absolute atomic E-state index is 0.222. The Labute approximate surface area is 189 Å². The van der Waals surface area contributed by atoms with Crippen molar-refractivity contribution < 1.29 is 9.53 Å². The number of nitrogens with zero attached hydrogens (tertiary/aromatic N) is 3. The molecule has 2 aromatic carbocycles. The summed E-state index contributed by atoms with van der Waals surface area (Å²) in [6.45, 7) is 1.99. The van der Waals surface area contributed by atoms with E-state index in [1.165, 1.54) is 6.34 Å². The SMILES string of the molecule is CCOC(=O)NC1=NC2=NC=NC2C(NC(c2ccc(Cl)cc2)c2ccc(Cl)cc2)=C1. The number of ether oxygens (including phenoxy) is 1. The lowest BCUT2D eigenvalue weighted by atomic mass is 9.97. The predicted molar refractivity (Wildman–Crippen MR) is 123 cm³/mol. The summed E-state index contributed by atoms with van der Waals surface area (Å²) >= 11 is 12.2. The second kappa shape index (κ2) is 9.32. The van der Waals surface area contributed by atoms with Crippen molar-refractivity contribution in [2.75, 3.05) is 6.61 Å². The van der Waals surface area contributed by atoms with E-state index >= 15 is 0 Å². The van der Waals surface area contributed by atoms with Crippen LogP contribution >= 0.6 is 23.2 Å². The Hall–Kier alpha value is -3.16. The minimum atomic E-state index is -0.582.